The molecule has 2 aromatic carbocycles. The highest BCUT2D eigenvalue weighted by molar-refractivity contribution is 7.89. The van der Waals surface area contributed by atoms with Crippen LogP contribution in [-0.2, 0) is 10.0 Å². The van der Waals surface area contributed by atoms with Crippen LogP contribution in [0, 0.1) is 6.92 Å². The zero-order valence-electron chi connectivity index (χ0n) is 17.1. The van der Waals surface area contributed by atoms with Gasteiger partial charge in [0.2, 0.25) is 10.0 Å². The van der Waals surface area contributed by atoms with Crippen molar-refractivity contribution in [2.75, 3.05) is 18.4 Å². The lowest BCUT2D eigenvalue weighted by atomic mass is 10.2. The van der Waals surface area contributed by atoms with E-state index >= 15 is 0 Å². The monoisotopic (exact) mass is 458 g/mol. The van der Waals surface area contributed by atoms with Crippen LogP contribution in [0.1, 0.15) is 35.2 Å². The number of benzene rings is 2. The van der Waals surface area contributed by atoms with Gasteiger partial charge in [0, 0.05) is 30.0 Å². The van der Waals surface area contributed by atoms with Gasteiger partial charge in [0.15, 0.2) is 0 Å². The number of aromatic nitrogens is 2. The van der Waals surface area contributed by atoms with Crippen LogP contribution in [0.3, 0.4) is 0 Å². The van der Waals surface area contributed by atoms with Crippen molar-refractivity contribution in [1.29, 1.82) is 0 Å². The summed E-state index contributed by atoms with van der Waals surface area (Å²) in [6.45, 7) is 2.88. The fraction of sp³-hybridized carbons (Fsp3) is 0.273. The third kappa shape index (κ3) is 4.66. The Hall–Kier alpha value is -2.68. The Balaban J connectivity index is 1.55. The number of anilines is 1. The van der Waals surface area contributed by atoms with Gasteiger partial charge in [0.1, 0.15) is 0 Å². The predicted octanol–water partition coefficient (Wildman–Crippen LogP) is 4.26. The van der Waals surface area contributed by atoms with Gasteiger partial charge < -0.3 is 5.32 Å². The van der Waals surface area contributed by atoms with E-state index in [-0.39, 0.29) is 10.8 Å². The van der Waals surface area contributed by atoms with Crippen molar-refractivity contribution in [1.82, 2.24) is 14.1 Å². The summed E-state index contributed by atoms with van der Waals surface area (Å²) < 4.78 is 29.0. The summed E-state index contributed by atoms with van der Waals surface area (Å²) in [5.74, 6) is -0.371. The largest absolute Gasteiger partial charge is 0.322 e. The number of amides is 1. The van der Waals surface area contributed by atoms with Crippen LogP contribution in [0.4, 0.5) is 5.69 Å². The first kappa shape index (κ1) is 21.5. The number of nitrogens with one attached hydrogen (secondary N) is 1. The average Bonchev–Trinajstić information content (AvgIpc) is 3.26. The van der Waals surface area contributed by atoms with Gasteiger partial charge in [-0.15, -0.1) is 0 Å². The zero-order valence-corrected chi connectivity index (χ0v) is 18.7. The van der Waals surface area contributed by atoms with Crippen LogP contribution in [-0.4, -0.2) is 41.5 Å². The van der Waals surface area contributed by atoms with E-state index in [9.17, 15) is 13.2 Å². The van der Waals surface area contributed by atoms with Crippen molar-refractivity contribution in [2.45, 2.75) is 31.1 Å². The molecule has 1 aliphatic rings. The number of hydrogen-bond acceptors (Lipinski definition) is 4. The van der Waals surface area contributed by atoms with E-state index in [1.807, 2.05) is 13.0 Å². The molecule has 0 saturated carbocycles. The first-order valence-corrected chi connectivity index (χ1v) is 11.9. The SMILES string of the molecule is Cc1ccc(S(=O)(=O)N2CCCCC2)cc1NC(=O)c1cnn(-c2cccc(Cl)c2)c1. The molecule has 0 bridgehead atoms. The molecule has 1 fully saturated rings. The van der Waals surface area contributed by atoms with Gasteiger partial charge in [-0.25, -0.2) is 13.1 Å². The highest BCUT2D eigenvalue weighted by Crippen LogP contribution is 2.25. The summed E-state index contributed by atoms with van der Waals surface area (Å²) >= 11 is 6.02. The summed E-state index contributed by atoms with van der Waals surface area (Å²) in [5.41, 5.74) is 2.31. The van der Waals surface area contributed by atoms with Crippen molar-refractivity contribution in [2.24, 2.45) is 0 Å². The molecular weight excluding hydrogens is 436 g/mol. The molecule has 0 radical (unpaired) electrons. The molecule has 1 aliphatic heterocycles. The Morgan fingerprint density at radius 1 is 1.10 bits per heavy atom. The molecule has 4 rings (SSSR count). The summed E-state index contributed by atoms with van der Waals surface area (Å²) in [4.78, 5) is 13.0. The van der Waals surface area contributed by atoms with Crippen LogP contribution in [0.5, 0.6) is 0 Å². The fourth-order valence-corrected chi connectivity index (χ4v) is 5.27. The molecule has 1 amide bonds. The van der Waals surface area contributed by atoms with Crippen molar-refractivity contribution < 1.29 is 13.2 Å². The van der Waals surface area contributed by atoms with E-state index in [0.717, 1.165) is 30.5 Å². The quantitative estimate of drug-likeness (QED) is 0.619. The molecule has 2 heterocycles. The van der Waals surface area contributed by atoms with Gasteiger partial charge in [-0.3, -0.25) is 4.79 Å². The minimum atomic E-state index is -3.58. The third-order valence-corrected chi connectivity index (χ3v) is 7.46. The first-order chi connectivity index (χ1) is 14.8. The molecule has 0 aliphatic carbocycles. The topological polar surface area (TPSA) is 84.3 Å². The van der Waals surface area contributed by atoms with E-state index in [1.54, 1.807) is 41.2 Å². The molecule has 0 atom stereocenters. The Bertz CT molecular complexity index is 1220. The molecule has 31 heavy (non-hydrogen) atoms. The Labute approximate surface area is 186 Å². The summed E-state index contributed by atoms with van der Waals surface area (Å²) in [5, 5.41) is 7.61. The maximum atomic E-state index is 13.0. The lowest BCUT2D eigenvalue weighted by molar-refractivity contribution is 0.102. The van der Waals surface area contributed by atoms with E-state index in [1.165, 1.54) is 16.6 Å². The Morgan fingerprint density at radius 3 is 2.61 bits per heavy atom. The molecule has 1 saturated heterocycles. The van der Waals surface area contributed by atoms with Crippen molar-refractivity contribution in [3.63, 3.8) is 0 Å². The number of rotatable bonds is 5. The minimum Gasteiger partial charge on any atom is -0.322 e. The Kier molecular flexibility index (Phi) is 6.13. The number of nitrogens with zero attached hydrogens (tertiary/aromatic N) is 3. The maximum Gasteiger partial charge on any atom is 0.258 e. The highest BCUT2D eigenvalue weighted by atomic mass is 35.5. The van der Waals surface area contributed by atoms with E-state index < -0.39 is 10.0 Å². The number of aryl methyl sites for hydroxylation is 1. The number of carbonyl (C=O) groups excluding carboxylic acids is 1. The molecule has 1 aromatic heterocycles. The normalized spacial score (nSPS) is 15.0. The van der Waals surface area contributed by atoms with E-state index in [0.29, 0.717) is 29.4 Å². The lowest BCUT2D eigenvalue weighted by Gasteiger charge is -2.26. The first-order valence-electron chi connectivity index (χ1n) is 10.1. The number of carbonyl (C=O) groups is 1. The number of halogens is 1. The third-order valence-electron chi connectivity index (χ3n) is 5.33. The highest BCUT2D eigenvalue weighted by Gasteiger charge is 2.26. The Morgan fingerprint density at radius 2 is 1.87 bits per heavy atom. The second-order valence-corrected chi connectivity index (χ2v) is 9.92. The lowest BCUT2D eigenvalue weighted by Crippen LogP contribution is -2.35. The van der Waals surface area contributed by atoms with Crippen LogP contribution in [0.15, 0.2) is 59.8 Å². The maximum absolute atomic E-state index is 13.0. The van der Waals surface area contributed by atoms with E-state index in [4.69, 9.17) is 11.6 Å². The second-order valence-electron chi connectivity index (χ2n) is 7.55. The van der Waals surface area contributed by atoms with Crippen molar-refractivity contribution >= 4 is 33.2 Å². The average molecular weight is 459 g/mol. The molecule has 9 heteroatoms. The van der Waals surface area contributed by atoms with Crippen LogP contribution in [0.25, 0.3) is 5.69 Å². The van der Waals surface area contributed by atoms with Crippen LogP contribution >= 0.6 is 11.6 Å². The van der Waals surface area contributed by atoms with Gasteiger partial charge >= 0.3 is 0 Å². The zero-order chi connectivity index (χ0) is 22.0. The second kappa shape index (κ2) is 8.82. The van der Waals surface area contributed by atoms with Gasteiger partial charge in [0.05, 0.1) is 22.3 Å². The number of piperidine rings is 1. The van der Waals surface area contributed by atoms with Crippen molar-refractivity contribution in [3.8, 4) is 5.69 Å². The predicted molar refractivity (Wildman–Crippen MR) is 120 cm³/mol. The minimum absolute atomic E-state index is 0.185. The van der Waals surface area contributed by atoms with Gasteiger partial charge in [-0.1, -0.05) is 30.2 Å². The molecule has 1 N–H and O–H groups in total. The summed E-state index contributed by atoms with van der Waals surface area (Å²) in [6.07, 6.45) is 5.84. The van der Waals surface area contributed by atoms with Crippen LogP contribution in [0.2, 0.25) is 5.02 Å². The molecule has 162 valence electrons. The standard InChI is InChI=1S/C22H23ClN4O3S/c1-16-8-9-20(31(29,30)26-10-3-2-4-11-26)13-21(16)25-22(28)17-14-24-27(15-17)19-7-5-6-18(23)12-19/h5-9,12-15H,2-4,10-11H2,1H3,(H,25,28). The smallest absolute Gasteiger partial charge is 0.258 e. The molecule has 7 nitrogen and oxygen atoms in total. The molecular formula is C22H23ClN4O3S. The van der Waals surface area contributed by atoms with Crippen molar-refractivity contribution in [3.05, 3.63) is 71.0 Å². The van der Waals surface area contributed by atoms with Gasteiger partial charge in [-0.2, -0.15) is 9.40 Å². The fourth-order valence-electron chi connectivity index (χ4n) is 3.54. The summed E-state index contributed by atoms with van der Waals surface area (Å²) in [6, 6.07) is 12.0. The van der Waals surface area contributed by atoms with Crippen LogP contribution < -0.4 is 5.32 Å². The summed E-state index contributed by atoms with van der Waals surface area (Å²) in [7, 11) is -3.58. The van der Waals surface area contributed by atoms with Gasteiger partial charge in [-0.05, 0) is 55.7 Å². The number of sulfonamides is 1. The number of hydrogen-bond donors (Lipinski definition) is 1. The van der Waals surface area contributed by atoms with Gasteiger partial charge in [0.25, 0.3) is 5.91 Å². The molecule has 3 aromatic rings. The van der Waals surface area contributed by atoms with E-state index in [2.05, 4.69) is 10.4 Å². The molecule has 0 spiro atoms. The molecule has 0 unspecified atom stereocenters.